The molecular weight excluding hydrogens is 205 g/mol. The summed E-state index contributed by atoms with van der Waals surface area (Å²) in [6.45, 7) is 2.81. The van der Waals surface area contributed by atoms with Gasteiger partial charge in [-0.25, -0.2) is 9.82 Å². The molecular formula is C12H18FN3. The Morgan fingerprint density at radius 2 is 1.94 bits per heavy atom. The molecule has 4 N–H and O–H groups in total. The molecule has 0 bridgehead atoms. The lowest BCUT2D eigenvalue weighted by atomic mass is 9.88. The first-order valence-corrected chi connectivity index (χ1v) is 5.69. The van der Waals surface area contributed by atoms with E-state index in [0.29, 0.717) is 18.5 Å². The van der Waals surface area contributed by atoms with Gasteiger partial charge in [0.15, 0.2) is 0 Å². The molecule has 0 amide bonds. The van der Waals surface area contributed by atoms with Crippen LogP contribution in [-0.2, 0) is 0 Å². The molecule has 2 rings (SSSR count). The third-order valence-corrected chi connectivity index (χ3v) is 3.27. The summed E-state index contributed by atoms with van der Waals surface area (Å²) in [5, 5.41) is 0. The first-order valence-electron chi connectivity index (χ1n) is 5.69. The summed E-state index contributed by atoms with van der Waals surface area (Å²) in [5.41, 5.74) is 13.2. The van der Waals surface area contributed by atoms with E-state index in [1.165, 1.54) is 12.1 Å². The molecule has 0 spiro atoms. The van der Waals surface area contributed by atoms with Crippen LogP contribution in [0.4, 0.5) is 4.39 Å². The summed E-state index contributed by atoms with van der Waals surface area (Å²) in [7, 11) is 0. The van der Waals surface area contributed by atoms with Crippen LogP contribution in [0.3, 0.4) is 0 Å². The van der Waals surface area contributed by atoms with E-state index < -0.39 is 0 Å². The largest absolute Gasteiger partial charge is 0.330 e. The van der Waals surface area contributed by atoms with Crippen molar-refractivity contribution in [2.45, 2.75) is 25.4 Å². The first-order chi connectivity index (χ1) is 7.72. The number of benzene rings is 1. The van der Waals surface area contributed by atoms with Crippen molar-refractivity contribution in [1.82, 2.24) is 10.9 Å². The third-order valence-electron chi connectivity index (χ3n) is 3.27. The van der Waals surface area contributed by atoms with Gasteiger partial charge in [0.25, 0.3) is 0 Å². The Bertz CT molecular complexity index is 339. The van der Waals surface area contributed by atoms with E-state index in [4.69, 9.17) is 5.73 Å². The normalized spacial score (nSPS) is 29.6. The Balaban J connectivity index is 2.16. The molecule has 1 fully saturated rings. The van der Waals surface area contributed by atoms with Gasteiger partial charge in [-0.1, -0.05) is 12.1 Å². The fourth-order valence-electron chi connectivity index (χ4n) is 2.33. The van der Waals surface area contributed by atoms with E-state index in [-0.39, 0.29) is 11.9 Å². The Hall–Kier alpha value is -0.970. The maximum absolute atomic E-state index is 12.8. The van der Waals surface area contributed by atoms with Gasteiger partial charge >= 0.3 is 0 Å². The van der Waals surface area contributed by atoms with Gasteiger partial charge in [-0.3, -0.25) is 5.43 Å². The number of nitrogens with two attached hydrogens (primary N) is 1. The first kappa shape index (κ1) is 11.5. The van der Waals surface area contributed by atoms with E-state index in [9.17, 15) is 4.39 Å². The molecule has 1 aromatic rings. The summed E-state index contributed by atoms with van der Waals surface area (Å²) in [6, 6.07) is 7.27. The lowest BCUT2D eigenvalue weighted by Gasteiger charge is -2.20. The molecule has 3 nitrogen and oxygen atoms in total. The van der Waals surface area contributed by atoms with Gasteiger partial charge in [0.2, 0.25) is 0 Å². The highest BCUT2D eigenvalue weighted by Gasteiger charge is 2.33. The predicted octanol–water partition coefficient (Wildman–Crippen LogP) is 1.33. The smallest absolute Gasteiger partial charge is 0.123 e. The zero-order chi connectivity index (χ0) is 11.5. The summed E-state index contributed by atoms with van der Waals surface area (Å²) < 4.78 is 12.8. The highest BCUT2D eigenvalue weighted by atomic mass is 19.1. The molecule has 1 aliphatic heterocycles. The van der Waals surface area contributed by atoms with Crippen LogP contribution in [0.25, 0.3) is 0 Å². The van der Waals surface area contributed by atoms with Crippen LogP contribution in [0.5, 0.6) is 0 Å². The molecule has 3 atom stereocenters. The molecule has 88 valence electrons. The van der Waals surface area contributed by atoms with Gasteiger partial charge in [0.1, 0.15) is 5.82 Å². The van der Waals surface area contributed by atoms with E-state index in [2.05, 4.69) is 17.8 Å². The molecule has 1 heterocycles. The molecule has 0 saturated carbocycles. The van der Waals surface area contributed by atoms with Crippen molar-refractivity contribution in [3.05, 3.63) is 35.6 Å². The lowest BCUT2D eigenvalue weighted by molar-refractivity contribution is 0.409. The second-order valence-electron chi connectivity index (χ2n) is 4.35. The summed E-state index contributed by atoms with van der Waals surface area (Å²) in [6.07, 6.45) is 0.962. The minimum absolute atomic E-state index is 0.196. The highest BCUT2D eigenvalue weighted by Crippen LogP contribution is 2.30. The number of hydrogen-bond acceptors (Lipinski definition) is 3. The van der Waals surface area contributed by atoms with Crippen molar-refractivity contribution in [1.29, 1.82) is 0 Å². The highest BCUT2D eigenvalue weighted by molar-refractivity contribution is 5.22. The molecule has 0 aromatic heterocycles. The fraction of sp³-hybridized carbons (Fsp3) is 0.500. The van der Waals surface area contributed by atoms with Crippen molar-refractivity contribution in [2.24, 2.45) is 11.7 Å². The van der Waals surface area contributed by atoms with Crippen molar-refractivity contribution in [3.63, 3.8) is 0 Å². The lowest BCUT2D eigenvalue weighted by Crippen LogP contribution is -2.29. The Kier molecular flexibility index (Phi) is 3.53. The second-order valence-corrected chi connectivity index (χ2v) is 4.35. The van der Waals surface area contributed by atoms with E-state index >= 15 is 0 Å². The molecule has 1 aromatic carbocycles. The average Bonchev–Trinajstić information content (AvgIpc) is 2.63. The zero-order valence-electron chi connectivity index (χ0n) is 9.41. The Morgan fingerprint density at radius 1 is 1.25 bits per heavy atom. The number of halogens is 1. The maximum atomic E-state index is 12.8. The van der Waals surface area contributed by atoms with Crippen LogP contribution in [0.2, 0.25) is 0 Å². The van der Waals surface area contributed by atoms with Crippen LogP contribution >= 0.6 is 0 Å². The average molecular weight is 223 g/mol. The minimum Gasteiger partial charge on any atom is -0.330 e. The van der Waals surface area contributed by atoms with Gasteiger partial charge in [-0.15, -0.1) is 0 Å². The molecule has 3 unspecified atom stereocenters. The molecule has 16 heavy (non-hydrogen) atoms. The van der Waals surface area contributed by atoms with Gasteiger partial charge in [0, 0.05) is 6.04 Å². The van der Waals surface area contributed by atoms with Gasteiger partial charge in [-0.2, -0.15) is 0 Å². The van der Waals surface area contributed by atoms with Crippen molar-refractivity contribution < 1.29 is 4.39 Å². The molecule has 0 aliphatic carbocycles. The quantitative estimate of drug-likeness (QED) is 0.724. The number of rotatable bonds is 3. The van der Waals surface area contributed by atoms with Crippen LogP contribution in [0.1, 0.15) is 24.9 Å². The standard InChI is InChI=1S/C12H18FN3/c1-8-11(6-7-14)12(16-15-8)9-2-4-10(13)5-3-9/h2-5,8,11-12,15-16H,6-7,14H2,1H3. The third kappa shape index (κ3) is 2.24. The van der Waals surface area contributed by atoms with Gasteiger partial charge in [0.05, 0.1) is 6.04 Å². The van der Waals surface area contributed by atoms with E-state index in [0.717, 1.165) is 12.0 Å². The summed E-state index contributed by atoms with van der Waals surface area (Å²) in [4.78, 5) is 0. The topological polar surface area (TPSA) is 50.1 Å². The monoisotopic (exact) mass is 223 g/mol. The molecule has 1 aliphatic rings. The zero-order valence-corrected chi connectivity index (χ0v) is 9.41. The van der Waals surface area contributed by atoms with E-state index in [1.54, 1.807) is 0 Å². The Labute approximate surface area is 95.2 Å². The number of hydrazine groups is 1. The van der Waals surface area contributed by atoms with Gasteiger partial charge < -0.3 is 5.73 Å². The SMILES string of the molecule is CC1NNC(c2ccc(F)cc2)C1CCN. The maximum Gasteiger partial charge on any atom is 0.123 e. The minimum atomic E-state index is -0.196. The van der Waals surface area contributed by atoms with Crippen LogP contribution in [-0.4, -0.2) is 12.6 Å². The Morgan fingerprint density at radius 3 is 2.56 bits per heavy atom. The van der Waals surface area contributed by atoms with E-state index in [1.807, 2.05) is 12.1 Å². The predicted molar refractivity (Wildman–Crippen MR) is 62.0 cm³/mol. The second kappa shape index (κ2) is 4.91. The summed E-state index contributed by atoms with van der Waals surface area (Å²) >= 11 is 0. The molecule has 0 radical (unpaired) electrons. The number of nitrogens with one attached hydrogen (secondary N) is 2. The van der Waals surface area contributed by atoms with Crippen LogP contribution < -0.4 is 16.6 Å². The van der Waals surface area contributed by atoms with Crippen LogP contribution in [0, 0.1) is 11.7 Å². The fourth-order valence-corrected chi connectivity index (χ4v) is 2.33. The van der Waals surface area contributed by atoms with Crippen molar-refractivity contribution in [2.75, 3.05) is 6.54 Å². The van der Waals surface area contributed by atoms with Crippen LogP contribution in [0.15, 0.2) is 24.3 Å². The van der Waals surface area contributed by atoms with Crippen molar-refractivity contribution in [3.8, 4) is 0 Å². The summed E-state index contributed by atoms with van der Waals surface area (Å²) in [5.74, 6) is 0.258. The van der Waals surface area contributed by atoms with Crippen molar-refractivity contribution >= 4 is 0 Å². The number of hydrogen-bond donors (Lipinski definition) is 3. The molecule has 4 heteroatoms. The molecule has 1 saturated heterocycles. The van der Waals surface area contributed by atoms with Gasteiger partial charge in [-0.05, 0) is 43.5 Å².